The average molecular weight is 290 g/mol. The first-order valence-electron chi connectivity index (χ1n) is 6.42. The molecule has 0 bridgehead atoms. The molecule has 0 aliphatic heterocycles. The molecule has 0 saturated heterocycles. The van der Waals surface area contributed by atoms with E-state index in [1.165, 1.54) is 18.2 Å². The Hall–Kier alpha value is -2.56. The number of ether oxygens (including phenoxy) is 2. The minimum atomic E-state index is -1.05. The molecule has 0 aliphatic carbocycles. The summed E-state index contributed by atoms with van der Waals surface area (Å²) in [6, 6.07) is 11.0. The lowest BCUT2D eigenvalue weighted by atomic mass is 10.1. The number of hydrogen-bond acceptors (Lipinski definition) is 3. The van der Waals surface area contributed by atoms with Crippen molar-refractivity contribution >= 4 is 5.97 Å². The van der Waals surface area contributed by atoms with Gasteiger partial charge in [0.25, 0.3) is 0 Å². The average Bonchev–Trinajstić information content (AvgIpc) is 2.46. The van der Waals surface area contributed by atoms with Crippen LogP contribution in [0.1, 0.15) is 15.9 Å². The van der Waals surface area contributed by atoms with Crippen molar-refractivity contribution in [3.63, 3.8) is 0 Å². The van der Waals surface area contributed by atoms with Gasteiger partial charge in [0.05, 0.1) is 0 Å². The highest BCUT2D eigenvalue weighted by molar-refractivity contribution is 5.91. The molecule has 0 radical (unpaired) electrons. The Balaban J connectivity index is 1.95. The Kier molecular flexibility index (Phi) is 4.77. The Morgan fingerprint density at radius 3 is 2.52 bits per heavy atom. The number of carboxylic acids is 1. The number of halogens is 1. The third kappa shape index (κ3) is 3.72. The fraction of sp³-hybridized carbons (Fsp3) is 0.188. The molecule has 0 heterocycles. The quantitative estimate of drug-likeness (QED) is 0.829. The van der Waals surface area contributed by atoms with Crippen LogP contribution in [0.4, 0.5) is 4.39 Å². The van der Waals surface area contributed by atoms with Gasteiger partial charge in [-0.1, -0.05) is 24.3 Å². The molecule has 21 heavy (non-hydrogen) atoms. The van der Waals surface area contributed by atoms with E-state index >= 15 is 0 Å². The summed E-state index contributed by atoms with van der Waals surface area (Å²) in [4.78, 5) is 11.1. The van der Waals surface area contributed by atoms with Gasteiger partial charge in [0.15, 0.2) is 11.6 Å². The summed E-state index contributed by atoms with van der Waals surface area (Å²) in [7, 11) is 0. The largest absolute Gasteiger partial charge is 0.489 e. The Labute approximate surface area is 121 Å². The van der Waals surface area contributed by atoms with Crippen molar-refractivity contribution in [3.8, 4) is 11.5 Å². The molecule has 2 aromatic carbocycles. The van der Waals surface area contributed by atoms with Crippen molar-refractivity contribution in [2.24, 2.45) is 0 Å². The van der Waals surface area contributed by atoms with Gasteiger partial charge in [-0.25, -0.2) is 9.18 Å². The SMILES string of the molecule is Cc1cccc(C(=O)O)c1OCCOc1ccccc1F. The monoisotopic (exact) mass is 290 g/mol. The first-order chi connectivity index (χ1) is 10.1. The van der Waals surface area contributed by atoms with E-state index in [2.05, 4.69) is 0 Å². The van der Waals surface area contributed by atoms with E-state index in [-0.39, 0.29) is 24.5 Å². The number of para-hydroxylation sites is 2. The topological polar surface area (TPSA) is 55.8 Å². The highest BCUT2D eigenvalue weighted by Crippen LogP contribution is 2.23. The lowest BCUT2D eigenvalue weighted by Gasteiger charge is -2.12. The lowest BCUT2D eigenvalue weighted by molar-refractivity contribution is 0.0691. The van der Waals surface area contributed by atoms with Gasteiger partial charge < -0.3 is 14.6 Å². The molecule has 0 aliphatic rings. The smallest absolute Gasteiger partial charge is 0.339 e. The van der Waals surface area contributed by atoms with Crippen LogP contribution in [-0.2, 0) is 0 Å². The van der Waals surface area contributed by atoms with Crippen LogP contribution in [0.2, 0.25) is 0 Å². The zero-order valence-corrected chi connectivity index (χ0v) is 11.5. The standard InChI is InChI=1S/C16H15FO4/c1-11-5-4-6-12(16(18)19)15(11)21-10-9-20-14-8-3-2-7-13(14)17/h2-8H,9-10H2,1H3,(H,18,19). The van der Waals surface area contributed by atoms with Crippen LogP contribution < -0.4 is 9.47 Å². The van der Waals surface area contributed by atoms with Crippen molar-refractivity contribution in [2.45, 2.75) is 6.92 Å². The Morgan fingerprint density at radius 1 is 1.10 bits per heavy atom. The fourth-order valence-corrected chi connectivity index (χ4v) is 1.87. The van der Waals surface area contributed by atoms with Crippen LogP contribution in [0.5, 0.6) is 11.5 Å². The van der Waals surface area contributed by atoms with Gasteiger partial charge in [-0.3, -0.25) is 0 Å². The highest BCUT2D eigenvalue weighted by Gasteiger charge is 2.13. The maximum absolute atomic E-state index is 13.3. The number of carbonyl (C=O) groups is 1. The van der Waals surface area contributed by atoms with Gasteiger partial charge in [0.1, 0.15) is 24.5 Å². The first-order valence-corrected chi connectivity index (χ1v) is 6.42. The zero-order chi connectivity index (χ0) is 15.2. The molecule has 2 aromatic rings. The molecule has 4 nitrogen and oxygen atoms in total. The van der Waals surface area contributed by atoms with E-state index in [9.17, 15) is 9.18 Å². The zero-order valence-electron chi connectivity index (χ0n) is 11.5. The van der Waals surface area contributed by atoms with E-state index in [1.807, 2.05) is 0 Å². The lowest BCUT2D eigenvalue weighted by Crippen LogP contribution is -2.12. The van der Waals surface area contributed by atoms with Crippen molar-refractivity contribution in [2.75, 3.05) is 13.2 Å². The van der Waals surface area contributed by atoms with Crippen molar-refractivity contribution in [1.29, 1.82) is 0 Å². The summed E-state index contributed by atoms with van der Waals surface area (Å²) >= 11 is 0. The summed E-state index contributed by atoms with van der Waals surface area (Å²) in [6.07, 6.45) is 0. The summed E-state index contributed by atoms with van der Waals surface area (Å²) in [5.41, 5.74) is 0.821. The molecular weight excluding hydrogens is 275 g/mol. The number of benzene rings is 2. The molecule has 0 amide bonds. The van der Waals surface area contributed by atoms with Crippen molar-refractivity contribution in [1.82, 2.24) is 0 Å². The molecule has 0 spiro atoms. The number of aromatic carboxylic acids is 1. The van der Waals surface area contributed by atoms with Gasteiger partial charge in [-0.2, -0.15) is 0 Å². The summed E-state index contributed by atoms with van der Waals surface area (Å²) < 4.78 is 24.0. The van der Waals surface area contributed by atoms with E-state index in [4.69, 9.17) is 14.6 Å². The number of carboxylic acid groups (broad SMARTS) is 1. The van der Waals surface area contributed by atoms with Gasteiger partial charge in [0.2, 0.25) is 0 Å². The van der Waals surface area contributed by atoms with E-state index in [0.717, 1.165) is 5.56 Å². The second-order valence-electron chi connectivity index (χ2n) is 4.38. The van der Waals surface area contributed by atoms with Gasteiger partial charge in [-0.05, 0) is 30.7 Å². The molecule has 0 saturated carbocycles. The van der Waals surface area contributed by atoms with Crippen LogP contribution in [0, 0.1) is 12.7 Å². The molecule has 110 valence electrons. The Morgan fingerprint density at radius 2 is 1.81 bits per heavy atom. The van der Waals surface area contributed by atoms with E-state index < -0.39 is 11.8 Å². The fourth-order valence-electron chi connectivity index (χ4n) is 1.87. The number of rotatable bonds is 6. The predicted octanol–water partition coefficient (Wildman–Crippen LogP) is 3.29. The second kappa shape index (κ2) is 6.74. The molecule has 0 aromatic heterocycles. The van der Waals surface area contributed by atoms with E-state index in [0.29, 0.717) is 5.75 Å². The predicted molar refractivity (Wildman–Crippen MR) is 75.5 cm³/mol. The van der Waals surface area contributed by atoms with Gasteiger partial charge in [0, 0.05) is 0 Å². The summed E-state index contributed by atoms with van der Waals surface area (Å²) in [6.45, 7) is 2.01. The minimum Gasteiger partial charge on any atom is -0.489 e. The third-order valence-electron chi connectivity index (χ3n) is 2.87. The van der Waals surface area contributed by atoms with Crippen molar-refractivity contribution in [3.05, 3.63) is 59.4 Å². The van der Waals surface area contributed by atoms with Crippen LogP contribution in [0.15, 0.2) is 42.5 Å². The van der Waals surface area contributed by atoms with Crippen LogP contribution in [0.3, 0.4) is 0 Å². The van der Waals surface area contributed by atoms with Crippen LogP contribution >= 0.6 is 0 Å². The molecule has 1 N–H and O–H groups in total. The second-order valence-corrected chi connectivity index (χ2v) is 4.38. The molecule has 0 unspecified atom stereocenters. The molecule has 5 heteroatoms. The Bertz CT molecular complexity index is 640. The number of aryl methyl sites for hydroxylation is 1. The third-order valence-corrected chi connectivity index (χ3v) is 2.87. The van der Waals surface area contributed by atoms with Crippen LogP contribution in [-0.4, -0.2) is 24.3 Å². The molecular formula is C16H15FO4. The van der Waals surface area contributed by atoms with E-state index in [1.54, 1.807) is 31.2 Å². The minimum absolute atomic E-state index is 0.0980. The highest BCUT2D eigenvalue weighted by atomic mass is 19.1. The normalized spacial score (nSPS) is 10.2. The summed E-state index contributed by atoms with van der Waals surface area (Å²) in [5.74, 6) is -1.05. The maximum Gasteiger partial charge on any atom is 0.339 e. The van der Waals surface area contributed by atoms with Gasteiger partial charge >= 0.3 is 5.97 Å². The molecule has 0 fully saturated rings. The van der Waals surface area contributed by atoms with Gasteiger partial charge in [-0.15, -0.1) is 0 Å². The first kappa shape index (κ1) is 14.8. The number of hydrogen-bond donors (Lipinski definition) is 1. The van der Waals surface area contributed by atoms with Crippen LogP contribution in [0.25, 0.3) is 0 Å². The maximum atomic E-state index is 13.3. The molecule has 2 rings (SSSR count). The molecule has 0 atom stereocenters. The summed E-state index contributed by atoms with van der Waals surface area (Å²) in [5, 5.41) is 9.10. The van der Waals surface area contributed by atoms with Crippen molar-refractivity contribution < 1.29 is 23.8 Å².